The minimum absolute atomic E-state index is 0.289. The molecule has 102 valence electrons. The zero-order chi connectivity index (χ0) is 13.2. The van der Waals surface area contributed by atoms with Crippen LogP contribution >= 0.6 is 27.7 Å². The van der Waals surface area contributed by atoms with E-state index in [9.17, 15) is 0 Å². The molecular weight excluding hydrogens is 314 g/mol. The first-order valence-electron chi connectivity index (χ1n) is 5.99. The molecule has 0 unspecified atom stereocenters. The molecule has 0 amide bonds. The Labute approximate surface area is 121 Å². The van der Waals surface area contributed by atoms with Gasteiger partial charge in [-0.25, -0.2) is 0 Å². The average Bonchev–Trinajstić information content (AvgIpc) is 2.39. The van der Waals surface area contributed by atoms with Crippen LogP contribution < -0.4 is 10.1 Å². The Kier molecular flexibility index (Phi) is 8.50. The number of aliphatic hydroxyl groups is 1. The number of benzene rings is 1. The highest BCUT2D eigenvalue weighted by molar-refractivity contribution is 9.10. The Bertz CT molecular complexity index is 350. The number of methoxy groups -OCH3 is 1. The number of halogens is 1. The van der Waals surface area contributed by atoms with E-state index in [0.29, 0.717) is 0 Å². The third-order valence-electron chi connectivity index (χ3n) is 2.44. The summed E-state index contributed by atoms with van der Waals surface area (Å²) in [6.07, 6.45) is 0.881. The minimum atomic E-state index is 0.289. The highest BCUT2D eigenvalue weighted by Gasteiger charge is 2.01. The highest BCUT2D eigenvalue weighted by Crippen LogP contribution is 2.22. The average molecular weight is 334 g/mol. The Morgan fingerprint density at radius 1 is 1.39 bits per heavy atom. The first kappa shape index (κ1) is 15.8. The number of aliphatic hydroxyl groups excluding tert-OH is 1. The number of thioether (sulfide) groups is 1. The third kappa shape index (κ3) is 6.09. The van der Waals surface area contributed by atoms with E-state index in [2.05, 4.69) is 21.2 Å². The van der Waals surface area contributed by atoms with E-state index in [1.807, 2.05) is 30.0 Å². The SMILES string of the molecule is COc1ccc(Br)c(CNCCSCCCO)c1. The second-order valence-electron chi connectivity index (χ2n) is 3.82. The number of ether oxygens (including phenoxy) is 1. The van der Waals surface area contributed by atoms with Crippen LogP contribution in [0.3, 0.4) is 0 Å². The number of hydrogen-bond acceptors (Lipinski definition) is 4. The van der Waals surface area contributed by atoms with Gasteiger partial charge in [-0.05, 0) is 35.9 Å². The number of hydrogen-bond donors (Lipinski definition) is 2. The van der Waals surface area contributed by atoms with Crippen LogP contribution in [0.5, 0.6) is 5.75 Å². The van der Waals surface area contributed by atoms with Gasteiger partial charge in [0.25, 0.3) is 0 Å². The van der Waals surface area contributed by atoms with E-state index in [0.717, 1.165) is 41.2 Å². The Hall–Kier alpha value is -0.230. The maximum absolute atomic E-state index is 8.65. The van der Waals surface area contributed by atoms with Gasteiger partial charge in [0, 0.05) is 29.9 Å². The zero-order valence-electron chi connectivity index (χ0n) is 10.6. The monoisotopic (exact) mass is 333 g/mol. The predicted octanol–water partition coefficient (Wildman–Crippen LogP) is 2.66. The van der Waals surface area contributed by atoms with Crippen LogP contribution in [0.2, 0.25) is 0 Å². The molecule has 0 radical (unpaired) electrons. The first-order valence-corrected chi connectivity index (χ1v) is 7.94. The Balaban J connectivity index is 2.22. The fraction of sp³-hybridized carbons (Fsp3) is 0.538. The predicted molar refractivity (Wildman–Crippen MR) is 81.4 cm³/mol. The lowest BCUT2D eigenvalue weighted by molar-refractivity contribution is 0.296. The summed E-state index contributed by atoms with van der Waals surface area (Å²) in [7, 11) is 1.68. The van der Waals surface area contributed by atoms with Gasteiger partial charge in [0.15, 0.2) is 0 Å². The summed E-state index contributed by atoms with van der Waals surface area (Å²) in [4.78, 5) is 0. The molecule has 0 heterocycles. The van der Waals surface area contributed by atoms with Gasteiger partial charge in [-0.3, -0.25) is 0 Å². The number of rotatable bonds is 9. The van der Waals surface area contributed by atoms with E-state index >= 15 is 0 Å². The van der Waals surface area contributed by atoms with Crippen molar-refractivity contribution in [2.75, 3.05) is 31.8 Å². The van der Waals surface area contributed by atoms with E-state index < -0.39 is 0 Å². The molecule has 0 spiro atoms. The molecule has 2 N–H and O–H groups in total. The van der Waals surface area contributed by atoms with Gasteiger partial charge in [0.2, 0.25) is 0 Å². The normalized spacial score (nSPS) is 10.6. The van der Waals surface area contributed by atoms with Crippen molar-refractivity contribution in [1.82, 2.24) is 5.32 Å². The summed E-state index contributed by atoms with van der Waals surface area (Å²) in [5.74, 6) is 2.98. The van der Waals surface area contributed by atoms with Crippen LogP contribution in [0.25, 0.3) is 0 Å². The lowest BCUT2D eigenvalue weighted by Gasteiger charge is -2.08. The summed E-state index contributed by atoms with van der Waals surface area (Å²) < 4.78 is 6.31. The van der Waals surface area contributed by atoms with Crippen LogP contribution in [0, 0.1) is 0 Å². The van der Waals surface area contributed by atoms with Crippen molar-refractivity contribution in [2.24, 2.45) is 0 Å². The summed E-state index contributed by atoms with van der Waals surface area (Å²) in [6, 6.07) is 5.99. The maximum Gasteiger partial charge on any atom is 0.119 e. The third-order valence-corrected chi connectivity index (χ3v) is 4.28. The van der Waals surface area contributed by atoms with E-state index in [4.69, 9.17) is 9.84 Å². The summed E-state index contributed by atoms with van der Waals surface area (Å²) in [5.41, 5.74) is 1.20. The maximum atomic E-state index is 8.65. The summed E-state index contributed by atoms with van der Waals surface area (Å²) in [6.45, 7) is 2.09. The van der Waals surface area contributed by atoms with Crippen molar-refractivity contribution in [3.05, 3.63) is 28.2 Å². The molecule has 1 aromatic rings. The van der Waals surface area contributed by atoms with Gasteiger partial charge in [-0.1, -0.05) is 15.9 Å². The topological polar surface area (TPSA) is 41.5 Å². The second-order valence-corrected chi connectivity index (χ2v) is 5.90. The van der Waals surface area contributed by atoms with Crippen molar-refractivity contribution >= 4 is 27.7 Å². The van der Waals surface area contributed by atoms with E-state index in [1.54, 1.807) is 7.11 Å². The van der Waals surface area contributed by atoms with E-state index in [1.165, 1.54) is 5.56 Å². The van der Waals surface area contributed by atoms with Crippen LogP contribution in [0.4, 0.5) is 0 Å². The molecule has 0 atom stereocenters. The Morgan fingerprint density at radius 3 is 2.94 bits per heavy atom. The molecule has 0 aromatic heterocycles. The molecule has 1 aromatic carbocycles. The van der Waals surface area contributed by atoms with Gasteiger partial charge in [-0.2, -0.15) is 11.8 Å². The molecule has 0 saturated carbocycles. The lowest BCUT2D eigenvalue weighted by atomic mass is 10.2. The molecule has 0 aliphatic carbocycles. The van der Waals surface area contributed by atoms with Gasteiger partial charge in [0.05, 0.1) is 7.11 Å². The van der Waals surface area contributed by atoms with Crippen LogP contribution in [-0.2, 0) is 6.54 Å². The number of nitrogens with one attached hydrogen (secondary N) is 1. The quantitative estimate of drug-likeness (QED) is 0.682. The van der Waals surface area contributed by atoms with Crippen molar-refractivity contribution in [1.29, 1.82) is 0 Å². The molecule has 0 bridgehead atoms. The molecular formula is C13H20BrNO2S. The summed E-state index contributed by atoms with van der Waals surface area (Å²) >= 11 is 5.40. The molecule has 0 fully saturated rings. The molecule has 0 aliphatic heterocycles. The largest absolute Gasteiger partial charge is 0.497 e. The van der Waals surface area contributed by atoms with Crippen LogP contribution in [-0.4, -0.2) is 36.9 Å². The van der Waals surface area contributed by atoms with Gasteiger partial charge >= 0.3 is 0 Å². The fourth-order valence-corrected chi connectivity index (χ4v) is 2.66. The Morgan fingerprint density at radius 2 is 2.22 bits per heavy atom. The zero-order valence-corrected chi connectivity index (χ0v) is 13.0. The van der Waals surface area contributed by atoms with E-state index in [-0.39, 0.29) is 6.61 Å². The smallest absolute Gasteiger partial charge is 0.119 e. The van der Waals surface area contributed by atoms with Crippen molar-refractivity contribution < 1.29 is 9.84 Å². The van der Waals surface area contributed by atoms with Crippen LogP contribution in [0.1, 0.15) is 12.0 Å². The molecule has 18 heavy (non-hydrogen) atoms. The fourth-order valence-electron chi connectivity index (χ4n) is 1.45. The minimum Gasteiger partial charge on any atom is -0.497 e. The second kappa shape index (κ2) is 9.67. The summed E-state index contributed by atoms with van der Waals surface area (Å²) in [5, 5.41) is 12.1. The van der Waals surface area contributed by atoms with Gasteiger partial charge < -0.3 is 15.2 Å². The molecule has 0 saturated heterocycles. The van der Waals surface area contributed by atoms with Crippen molar-refractivity contribution in [3.8, 4) is 5.75 Å². The lowest BCUT2D eigenvalue weighted by Crippen LogP contribution is -2.17. The molecule has 5 heteroatoms. The standard InChI is InChI=1S/C13H20BrNO2S/c1-17-12-3-4-13(14)11(9-12)10-15-5-8-18-7-2-6-16/h3-4,9,15-16H,2,5-8,10H2,1H3. The molecule has 0 aliphatic rings. The first-order chi connectivity index (χ1) is 8.77. The molecule has 3 nitrogen and oxygen atoms in total. The van der Waals surface area contributed by atoms with Crippen molar-refractivity contribution in [2.45, 2.75) is 13.0 Å². The van der Waals surface area contributed by atoms with Gasteiger partial charge in [-0.15, -0.1) is 0 Å². The van der Waals surface area contributed by atoms with Gasteiger partial charge in [0.1, 0.15) is 5.75 Å². The molecule has 1 rings (SSSR count). The van der Waals surface area contributed by atoms with Crippen molar-refractivity contribution in [3.63, 3.8) is 0 Å². The van der Waals surface area contributed by atoms with Crippen LogP contribution in [0.15, 0.2) is 22.7 Å². The highest BCUT2D eigenvalue weighted by atomic mass is 79.9.